The van der Waals surface area contributed by atoms with Gasteiger partial charge in [0.25, 0.3) is 0 Å². The predicted molar refractivity (Wildman–Crippen MR) is 81.6 cm³/mol. The van der Waals surface area contributed by atoms with Crippen LogP contribution in [0.3, 0.4) is 0 Å². The third-order valence-corrected chi connectivity index (χ3v) is 4.50. The minimum atomic E-state index is -0.455. The van der Waals surface area contributed by atoms with Crippen LogP contribution in [0.1, 0.15) is 11.8 Å². The van der Waals surface area contributed by atoms with Crippen LogP contribution in [0.25, 0.3) is 21.6 Å². The molecular formula is C14H11ClFN3S. The van der Waals surface area contributed by atoms with Crippen molar-refractivity contribution in [3.05, 3.63) is 40.0 Å². The van der Waals surface area contributed by atoms with Gasteiger partial charge in [-0.15, -0.1) is 11.3 Å². The number of aromatic nitrogens is 2. The van der Waals surface area contributed by atoms with Crippen molar-refractivity contribution in [3.8, 4) is 11.4 Å². The third kappa shape index (κ3) is 2.13. The molecule has 0 saturated heterocycles. The van der Waals surface area contributed by atoms with Gasteiger partial charge in [-0.05, 0) is 24.6 Å². The Bertz CT molecular complexity index is 780. The van der Waals surface area contributed by atoms with Crippen molar-refractivity contribution in [2.75, 3.05) is 5.73 Å². The maximum absolute atomic E-state index is 13.9. The fourth-order valence-corrected chi connectivity index (χ4v) is 3.21. The van der Waals surface area contributed by atoms with Gasteiger partial charge in [-0.2, -0.15) is 0 Å². The van der Waals surface area contributed by atoms with E-state index in [1.165, 1.54) is 17.4 Å². The highest BCUT2D eigenvalue weighted by atomic mass is 35.5. The Morgan fingerprint density at radius 2 is 2.15 bits per heavy atom. The van der Waals surface area contributed by atoms with E-state index in [-0.39, 0.29) is 16.4 Å². The van der Waals surface area contributed by atoms with Gasteiger partial charge < -0.3 is 5.73 Å². The smallest absolute Gasteiger partial charge is 0.167 e. The van der Waals surface area contributed by atoms with Gasteiger partial charge in [0.15, 0.2) is 5.82 Å². The van der Waals surface area contributed by atoms with Gasteiger partial charge in [-0.25, -0.2) is 14.4 Å². The molecular weight excluding hydrogens is 297 g/mol. The summed E-state index contributed by atoms with van der Waals surface area (Å²) >= 11 is 7.58. The summed E-state index contributed by atoms with van der Waals surface area (Å²) < 4.78 is 13.9. The second-order valence-corrected chi connectivity index (χ2v) is 5.84. The van der Waals surface area contributed by atoms with Crippen LogP contribution in [0.5, 0.6) is 0 Å². The number of thiophene rings is 1. The molecule has 0 spiro atoms. The monoisotopic (exact) mass is 307 g/mol. The molecule has 6 heteroatoms. The van der Waals surface area contributed by atoms with Crippen molar-refractivity contribution in [2.24, 2.45) is 0 Å². The third-order valence-electron chi connectivity index (χ3n) is 3.01. The summed E-state index contributed by atoms with van der Waals surface area (Å²) in [6, 6.07) is 6.46. The maximum atomic E-state index is 13.9. The van der Waals surface area contributed by atoms with E-state index < -0.39 is 5.82 Å². The lowest BCUT2D eigenvalue weighted by molar-refractivity contribution is 0.630. The van der Waals surface area contributed by atoms with E-state index in [2.05, 4.69) is 16.9 Å². The van der Waals surface area contributed by atoms with Crippen molar-refractivity contribution < 1.29 is 4.39 Å². The standard InChI is InChI=1S/C14H11ClFN3S/c1-2-7-6-8-12(17)18-13(19-14(8)20-7)11-9(15)4-3-5-10(11)16/h3-6H,2H2,1H3,(H2,17,18,19). The van der Waals surface area contributed by atoms with E-state index in [4.69, 9.17) is 17.3 Å². The number of halogens is 2. The second-order valence-electron chi connectivity index (χ2n) is 4.31. The van der Waals surface area contributed by atoms with E-state index in [0.29, 0.717) is 5.82 Å². The summed E-state index contributed by atoms with van der Waals surface area (Å²) in [5, 5.41) is 1.08. The quantitative estimate of drug-likeness (QED) is 0.768. The fraction of sp³-hybridized carbons (Fsp3) is 0.143. The molecule has 0 atom stereocenters. The molecule has 3 aromatic rings. The van der Waals surface area contributed by atoms with E-state index in [1.54, 1.807) is 12.1 Å². The highest BCUT2D eigenvalue weighted by molar-refractivity contribution is 7.18. The van der Waals surface area contributed by atoms with Crippen molar-refractivity contribution in [2.45, 2.75) is 13.3 Å². The van der Waals surface area contributed by atoms with Gasteiger partial charge >= 0.3 is 0 Å². The normalized spacial score (nSPS) is 11.2. The number of anilines is 1. The van der Waals surface area contributed by atoms with Gasteiger partial charge in [0, 0.05) is 4.88 Å². The zero-order chi connectivity index (χ0) is 14.3. The lowest BCUT2D eigenvalue weighted by atomic mass is 10.2. The Balaban J connectivity index is 2.27. The summed E-state index contributed by atoms with van der Waals surface area (Å²) in [5.74, 6) is 0.117. The first-order valence-electron chi connectivity index (χ1n) is 6.10. The number of nitrogen functional groups attached to an aromatic ring is 1. The van der Waals surface area contributed by atoms with Crippen LogP contribution in [0.15, 0.2) is 24.3 Å². The van der Waals surface area contributed by atoms with Crippen LogP contribution < -0.4 is 5.73 Å². The minimum absolute atomic E-state index is 0.189. The van der Waals surface area contributed by atoms with Crippen LogP contribution in [-0.4, -0.2) is 9.97 Å². The van der Waals surface area contributed by atoms with Crippen molar-refractivity contribution in [1.82, 2.24) is 9.97 Å². The molecule has 3 nitrogen and oxygen atoms in total. The summed E-state index contributed by atoms with van der Waals surface area (Å²) in [6.07, 6.45) is 0.899. The molecule has 0 unspecified atom stereocenters. The van der Waals surface area contributed by atoms with Gasteiger partial charge in [-0.3, -0.25) is 0 Å². The first-order chi connectivity index (χ1) is 9.60. The Morgan fingerprint density at radius 1 is 1.35 bits per heavy atom. The average molecular weight is 308 g/mol. The molecule has 3 rings (SSSR count). The van der Waals surface area contributed by atoms with Crippen molar-refractivity contribution in [3.63, 3.8) is 0 Å². The molecule has 0 aliphatic rings. The average Bonchev–Trinajstić information content (AvgIpc) is 2.82. The fourth-order valence-electron chi connectivity index (χ4n) is 1.99. The molecule has 2 aromatic heterocycles. The van der Waals surface area contributed by atoms with Crippen LogP contribution in [0.2, 0.25) is 5.02 Å². The predicted octanol–water partition coefficient (Wildman–Crippen LogP) is 4.30. The van der Waals surface area contributed by atoms with Gasteiger partial charge in [0.05, 0.1) is 16.0 Å². The Labute approximate surface area is 124 Å². The number of hydrogen-bond acceptors (Lipinski definition) is 4. The minimum Gasteiger partial charge on any atom is -0.383 e. The summed E-state index contributed by atoms with van der Waals surface area (Å²) in [7, 11) is 0. The molecule has 0 bridgehead atoms. The Morgan fingerprint density at radius 3 is 2.85 bits per heavy atom. The molecule has 1 aromatic carbocycles. The molecule has 0 aliphatic carbocycles. The van der Waals surface area contributed by atoms with E-state index >= 15 is 0 Å². The number of hydrogen-bond donors (Lipinski definition) is 1. The topological polar surface area (TPSA) is 51.8 Å². The molecule has 0 radical (unpaired) electrons. The van der Waals surface area contributed by atoms with Gasteiger partial charge in [0.2, 0.25) is 0 Å². The number of rotatable bonds is 2. The lowest BCUT2D eigenvalue weighted by Crippen LogP contribution is -1.98. The second kappa shape index (κ2) is 5.00. The molecule has 2 heterocycles. The number of fused-ring (bicyclic) bond motifs is 1. The Hall–Kier alpha value is -1.72. The molecule has 0 fully saturated rings. The first kappa shape index (κ1) is 13.3. The number of nitrogens with zero attached hydrogens (tertiary/aromatic N) is 2. The Kier molecular flexibility index (Phi) is 3.31. The highest BCUT2D eigenvalue weighted by Gasteiger charge is 2.16. The molecule has 2 N–H and O–H groups in total. The van der Waals surface area contributed by atoms with E-state index in [1.807, 2.05) is 6.07 Å². The zero-order valence-corrected chi connectivity index (χ0v) is 12.2. The number of aryl methyl sites for hydroxylation is 1. The van der Waals surface area contributed by atoms with Crippen LogP contribution in [0.4, 0.5) is 10.2 Å². The lowest BCUT2D eigenvalue weighted by Gasteiger charge is -2.05. The number of benzene rings is 1. The van der Waals surface area contributed by atoms with Crippen LogP contribution >= 0.6 is 22.9 Å². The van der Waals surface area contributed by atoms with Gasteiger partial charge in [-0.1, -0.05) is 24.6 Å². The molecule has 20 heavy (non-hydrogen) atoms. The molecule has 0 amide bonds. The summed E-state index contributed by atoms with van der Waals surface area (Å²) in [5.41, 5.74) is 6.14. The SMILES string of the molecule is CCc1cc2c(N)nc(-c3c(F)cccc3Cl)nc2s1. The largest absolute Gasteiger partial charge is 0.383 e. The van der Waals surface area contributed by atoms with E-state index in [9.17, 15) is 4.39 Å². The van der Waals surface area contributed by atoms with Crippen molar-refractivity contribution >= 4 is 39.0 Å². The number of nitrogens with two attached hydrogens (primary N) is 1. The van der Waals surface area contributed by atoms with Crippen LogP contribution in [0, 0.1) is 5.82 Å². The van der Waals surface area contributed by atoms with Crippen molar-refractivity contribution in [1.29, 1.82) is 0 Å². The summed E-state index contributed by atoms with van der Waals surface area (Å²) in [6.45, 7) is 2.06. The molecule has 0 aliphatic heterocycles. The maximum Gasteiger partial charge on any atom is 0.167 e. The van der Waals surface area contributed by atoms with E-state index in [0.717, 1.165) is 21.5 Å². The zero-order valence-electron chi connectivity index (χ0n) is 10.7. The van der Waals surface area contributed by atoms with Gasteiger partial charge in [0.1, 0.15) is 16.5 Å². The molecule has 102 valence electrons. The van der Waals surface area contributed by atoms with Crippen LogP contribution in [-0.2, 0) is 6.42 Å². The highest BCUT2D eigenvalue weighted by Crippen LogP contribution is 2.33. The first-order valence-corrected chi connectivity index (χ1v) is 7.30. The molecule has 0 saturated carbocycles. The summed E-state index contributed by atoms with van der Waals surface area (Å²) in [4.78, 5) is 10.5.